The van der Waals surface area contributed by atoms with Crippen LogP contribution in [0.25, 0.3) is 6.08 Å². The highest BCUT2D eigenvalue weighted by Gasteiger charge is 2.47. The summed E-state index contributed by atoms with van der Waals surface area (Å²) in [6.07, 6.45) is -0.846. The number of carboxylic acids is 1. The Labute approximate surface area is 198 Å². The Morgan fingerprint density at radius 3 is 2.53 bits per heavy atom. The maximum Gasteiger partial charge on any atom is 0.417 e. The molecule has 2 aliphatic rings. The molecule has 1 spiro atoms. The number of likely N-dealkylation sites (tertiary alicyclic amines) is 1. The van der Waals surface area contributed by atoms with Gasteiger partial charge in [-0.15, -0.1) is 0 Å². The summed E-state index contributed by atoms with van der Waals surface area (Å²) in [5, 5.41) is 9.91. The van der Waals surface area contributed by atoms with Gasteiger partial charge < -0.3 is 10.0 Å². The van der Waals surface area contributed by atoms with Gasteiger partial charge in [0.05, 0.1) is 12.0 Å². The summed E-state index contributed by atoms with van der Waals surface area (Å²) in [7, 11) is 0. The van der Waals surface area contributed by atoms with Crippen molar-refractivity contribution in [3.8, 4) is 0 Å². The third-order valence-corrected chi connectivity index (χ3v) is 7.15. The number of hydrogen-bond acceptors (Lipinski definition) is 2. The number of piperidine rings is 1. The second-order valence-electron chi connectivity index (χ2n) is 8.87. The minimum absolute atomic E-state index is 0.000314. The van der Waals surface area contributed by atoms with Crippen molar-refractivity contribution in [3.05, 3.63) is 75.6 Å². The molecule has 1 amide bonds. The Hall–Kier alpha value is -2.87. The summed E-state index contributed by atoms with van der Waals surface area (Å²) in [6, 6.07) is 7.82. The maximum atomic E-state index is 13.3. The lowest BCUT2D eigenvalue weighted by molar-refractivity contribution is -0.138. The van der Waals surface area contributed by atoms with Gasteiger partial charge in [0.1, 0.15) is 5.82 Å². The zero-order valence-electron chi connectivity index (χ0n) is 18.0. The molecule has 0 bridgehead atoms. The molecule has 1 atom stereocenters. The second kappa shape index (κ2) is 9.06. The Kier molecular flexibility index (Phi) is 6.46. The number of carbonyl (C=O) groups excluding carboxylic acids is 1. The lowest BCUT2D eigenvalue weighted by Gasteiger charge is -2.40. The fraction of sp³-hybridized carbons (Fsp3) is 0.360. The highest BCUT2D eigenvalue weighted by atomic mass is 35.5. The monoisotopic (exact) mass is 495 g/mol. The summed E-state index contributed by atoms with van der Waals surface area (Å²) < 4.78 is 52.9. The number of hydrogen-bond donors (Lipinski definition) is 1. The van der Waals surface area contributed by atoms with E-state index in [1.54, 1.807) is 11.0 Å². The number of aliphatic carboxylic acids is 1. The van der Waals surface area contributed by atoms with Gasteiger partial charge in [-0.25, -0.2) is 4.39 Å². The molecule has 2 aromatic carbocycles. The number of halogens is 5. The minimum Gasteiger partial charge on any atom is -0.481 e. The van der Waals surface area contributed by atoms with Crippen molar-refractivity contribution in [1.29, 1.82) is 0 Å². The van der Waals surface area contributed by atoms with E-state index in [1.165, 1.54) is 0 Å². The number of rotatable bonds is 4. The summed E-state index contributed by atoms with van der Waals surface area (Å²) in [5.74, 6) is -2.49. The van der Waals surface area contributed by atoms with E-state index >= 15 is 0 Å². The first-order valence-electron chi connectivity index (χ1n) is 10.8. The highest BCUT2D eigenvalue weighted by molar-refractivity contribution is 6.31. The summed E-state index contributed by atoms with van der Waals surface area (Å²) in [6.45, 7) is 0.729. The Morgan fingerprint density at radius 2 is 1.88 bits per heavy atom. The number of fused-ring (bicyclic) bond motifs is 2. The van der Waals surface area contributed by atoms with E-state index in [0.29, 0.717) is 43.4 Å². The summed E-state index contributed by atoms with van der Waals surface area (Å²) in [4.78, 5) is 25.6. The van der Waals surface area contributed by atoms with Gasteiger partial charge >= 0.3 is 12.1 Å². The van der Waals surface area contributed by atoms with Crippen LogP contribution in [0.1, 0.15) is 53.9 Å². The molecule has 0 saturated carbocycles. The van der Waals surface area contributed by atoms with Crippen molar-refractivity contribution in [2.24, 2.45) is 0 Å². The van der Waals surface area contributed by atoms with Crippen LogP contribution < -0.4 is 0 Å². The van der Waals surface area contributed by atoms with E-state index in [1.807, 2.05) is 12.1 Å². The SMILES string of the molecule is O=C(O)CC1CC2(CCN(C(=O)/C=C/c3ccc(F)cc3C(F)(F)F)CC2)c2c(Cl)cccc21. The molecule has 1 heterocycles. The molecule has 4 rings (SSSR count). The van der Waals surface area contributed by atoms with Crippen LogP contribution in [0.3, 0.4) is 0 Å². The van der Waals surface area contributed by atoms with E-state index in [4.69, 9.17) is 11.6 Å². The quantitative estimate of drug-likeness (QED) is 0.416. The third-order valence-electron chi connectivity index (χ3n) is 6.83. The predicted molar refractivity (Wildman–Crippen MR) is 119 cm³/mol. The number of carbonyl (C=O) groups is 2. The first-order valence-corrected chi connectivity index (χ1v) is 11.2. The third kappa shape index (κ3) is 4.69. The van der Waals surface area contributed by atoms with Crippen LogP contribution >= 0.6 is 11.6 Å². The minimum atomic E-state index is -4.75. The summed E-state index contributed by atoms with van der Waals surface area (Å²) in [5.41, 5.74) is 0.117. The molecular formula is C25H22ClF4NO3. The lowest BCUT2D eigenvalue weighted by Crippen LogP contribution is -2.44. The van der Waals surface area contributed by atoms with Crippen molar-refractivity contribution >= 4 is 29.6 Å². The van der Waals surface area contributed by atoms with Crippen molar-refractivity contribution in [2.75, 3.05) is 13.1 Å². The molecule has 0 radical (unpaired) electrons. The van der Waals surface area contributed by atoms with E-state index < -0.39 is 29.4 Å². The Bertz CT molecular complexity index is 1150. The van der Waals surface area contributed by atoms with Crippen LogP contribution in [0.5, 0.6) is 0 Å². The number of nitrogens with zero attached hydrogens (tertiary/aromatic N) is 1. The number of amides is 1. The Balaban J connectivity index is 1.50. The first kappa shape index (κ1) is 24.3. The molecule has 1 aliphatic carbocycles. The molecule has 9 heteroatoms. The van der Waals surface area contributed by atoms with Gasteiger partial charge in [-0.05, 0) is 66.1 Å². The fourth-order valence-corrected chi connectivity index (χ4v) is 5.69. The van der Waals surface area contributed by atoms with Gasteiger partial charge in [-0.3, -0.25) is 9.59 Å². The molecule has 180 valence electrons. The molecule has 0 aromatic heterocycles. The van der Waals surface area contributed by atoms with Crippen molar-refractivity contribution in [2.45, 2.75) is 43.2 Å². The number of benzene rings is 2. The Morgan fingerprint density at radius 1 is 1.18 bits per heavy atom. The maximum absolute atomic E-state index is 13.3. The van der Waals surface area contributed by atoms with Gasteiger partial charge in [0.2, 0.25) is 5.91 Å². The molecule has 2 aromatic rings. The van der Waals surface area contributed by atoms with Crippen molar-refractivity contribution in [3.63, 3.8) is 0 Å². The van der Waals surface area contributed by atoms with Crippen LogP contribution in [0, 0.1) is 5.82 Å². The largest absolute Gasteiger partial charge is 0.481 e. The van der Waals surface area contributed by atoms with E-state index in [0.717, 1.165) is 35.4 Å². The van der Waals surface area contributed by atoms with Gasteiger partial charge in [0, 0.05) is 29.6 Å². The average Bonchev–Trinajstić information content (AvgIpc) is 3.05. The zero-order valence-corrected chi connectivity index (χ0v) is 18.8. The fourth-order valence-electron chi connectivity index (χ4n) is 5.31. The molecule has 1 aliphatic heterocycles. The predicted octanol–water partition coefficient (Wildman–Crippen LogP) is 6.03. The average molecular weight is 496 g/mol. The highest BCUT2D eigenvalue weighted by Crippen LogP contribution is 2.55. The number of alkyl halides is 3. The normalized spacial score (nSPS) is 19.6. The van der Waals surface area contributed by atoms with E-state index in [9.17, 15) is 32.3 Å². The second-order valence-corrected chi connectivity index (χ2v) is 9.28. The molecule has 1 N–H and O–H groups in total. The molecule has 4 nitrogen and oxygen atoms in total. The van der Waals surface area contributed by atoms with Crippen LogP contribution in [0.15, 0.2) is 42.5 Å². The molecular weight excluding hydrogens is 474 g/mol. The van der Waals surface area contributed by atoms with Crippen LogP contribution in [0.4, 0.5) is 17.6 Å². The lowest BCUT2D eigenvalue weighted by atomic mass is 9.73. The van der Waals surface area contributed by atoms with Gasteiger partial charge in [-0.1, -0.05) is 29.8 Å². The smallest absolute Gasteiger partial charge is 0.417 e. The van der Waals surface area contributed by atoms with Crippen LogP contribution in [0.2, 0.25) is 5.02 Å². The molecule has 34 heavy (non-hydrogen) atoms. The van der Waals surface area contributed by atoms with Crippen molar-refractivity contribution < 1.29 is 32.3 Å². The van der Waals surface area contributed by atoms with Gasteiger partial charge in [-0.2, -0.15) is 13.2 Å². The van der Waals surface area contributed by atoms with E-state index in [-0.39, 0.29) is 23.3 Å². The van der Waals surface area contributed by atoms with E-state index in [2.05, 4.69) is 0 Å². The molecule has 1 unspecified atom stereocenters. The first-order chi connectivity index (χ1) is 16.0. The number of carboxylic acid groups (broad SMARTS) is 1. The van der Waals surface area contributed by atoms with Gasteiger partial charge in [0.25, 0.3) is 0 Å². The zero-order chi connectivity index (χ0) is 24.7. The van der Waals surface area contributed by atoms with Crippen LogP contribution in [-0.4, -0.2) is 35.0 Å². The van der Waals surface area contributed by atoms with Crippen molar-refractivity contribution in [1.82, 2.24) is 4.90 Å². The van der Waals surface area contributed by atoms with Crippen LogP contribution in [-0.2, 0) is 21.2 Å². The topological polar surface area (TPSA) is 57.6 Å². The molecule has 1 fully saturated rings. The summed E-state index contributed by atoms with van der Waals surface area (Å²) >= 11 is 6.52. The molecule has 1 saturated heterocycles. The van der Waals surface area contributed by atoms with Gasteiger partial charge in [0.15, 0.2) is 0 Å². The standard InChI is InChI=1S/C25H22ClF4NO3/c26-20-3-1-2-18-16(12-22(33)34)14-24(23(18)20)8-10-31(11-9-24)21(32)7-5-15-4-6-17(27)13-19(15)25(28,29)30/h1-7,13,16H,8-12,14H2,(H,33,34)/b7-5+.